The minimum absolute atomic E-state index is 0.0366. The van der Waals surface area contributed by atoms with Crippen LogP contribution in [0.1, 0.15) is 12.0 Å². The molecule has 5 nitrogen and oxygen atoms in total. The molecule has 1 aromatic carbocycles. The van der Waals surface area contributed by atoms with E-state index >= 15 is 0 Å². The Bertz CT molecular complexity index is 490. The summed E-state index contributed by atoms with van der Waals surface area (Å²) in [6.45, 7) is 2.62. The number of likely N-dealkylation sites (tertiary alicyclic amines) is 1. The molecule has 6 heteroatoms. The van der Waals surface area contributed by atoms with Gasteiger partial charge in [0.2, 0.25) is 0 Å². The van der Waals surface area contributed by atoms with Crippen molar-refractivity contribution in [3.63, 3.8) is 0 Å². The number of piperidine rings is 1. The summed E-state index contributed by atoms with van der Waals surface area (Å²) in [5.74, 6) is -0.573. The summed E-state index contributed by atoms with van der Waals surface area (Å²) in [6, 6.07) is 9.67. The van der Waals surface area contributed by atoms with Crippen molar-refractivity contribution >= 4 is 22.0 Å². The van der Waals surface area contributed by atoms with Crippen LogP contribution in [0.25, 0.3) is 0 Å². The first kappa shape index (κ1) is 14.8. The van der Waals surface area contributed by atoms with E-state index in [1.165, 1.54) is 0 Å². The molecule has 0 radical (unpaired) electrons. The molecule has 1 unspecified atom stereocenters. The number of alkyl halides is 1. The summed E-state index contributed by atoms with van der Waals surface area (Å²) in [7, 11) is 0. The van der Waals surface area contributed by atoms with E-state index < -0.39 is 5.79 Å². The predicted molar refractivity (Wildman–Crippen MR) is 80.2 cm³/mol. The number of benzene rings is 1. The lowest BCUT2D eigenvalue weighted by Crippen LogP contribution is -2.55. The van der Waals surface area contributed by atoms with E-state index in [1.54, 1.807) is 4.90 Å². The molecule has 2 heterocycles. The standard InChI is InChI=1S/C15H18BrNO4/c16-13-10-17(7-6-15(13)20-8-9-21-15)14(18)19-11-12-4-2-1-3-5-12/h1-5,13H,6-11H2. The molecule has 21 heavy (non-hydrogen) atoms. The largest absolute Gasteiger partial charge is 0.445 e. The molecule has 0 bridgehead atoms. The summed E-state index contributed by atoms with van der Waals surface area (Å²) in [4.78, 5) is 13.8. The summed E-state index contributed by atoms with van der Waals surface area (Å²) >= 11 is 3.58. The van der Waals surface area contributed by atoms with Crippen LogP contribution in [0.4, 0.5) is 4.79 Å². The van der Waals surface area contributed by atoms with Crippen LogP contribution in [-0.4, -0.2) is 47.9 Å². The Morgan fingerprint density at radius 3 is 2.71 bits per heavy atom. The van der Waals surface area contributed by atoms with Gasteiger partial charge < -0.3 is 19.1 Å². The molecule has 1 atom stereocenters. The van der Waals surface area contributed by atoms with E-state index in [-0.39, 0.29) is 10.9 Å². The van der Waals surface area contributed by atoms with Crippen molar-refractivity contribution in [1.29, 1.82) is 0 Å². The van der Waals surface area contributed by atoms with Crippen LogP contribution < -0.4 is 0 Å². The number of hydrogen-bond acceptors (Lipinski definition) is 4. The van der Waals surface area contributed by atoms with Crippen molar-refractivity contribution in [3.8, 4) is 0 Å². The highest BCUT2D eigenvalue weighted by Gasteiger charge is 2.47. The monoisotopic (exact) mass is 355 g/mol. The number of carbonyl (C=O) groups excluding carboxylic acids is 1. The first-order valence-corrected chi connectivity index (χ1v) is 7.99. The van der Waals surface area contributed by atoms with Crippen molar-refractivity contribution in [2.24, 2.45) is 0 Å². The van der Waals surface area contributed by atoms with E-state index in [1.807, 2.05) is 30.3 Å². The zero-order valence-electron chi connectivity index (χ0n) is 11.7. The molecule has 2 saturated heterocycles. The number of halogens is 1. The molecule has 0 aliphatic carbocycles. The molecule has 0 aromatic heterocycles. The second kappa shape index (κ2) is 6.34. The van der Waals surface area contributed by atoms with Crippen LogP contribution in [0.2, 0.25) is 0 Å². The quantitative estimate of drug-likeness (QED) is 0.765. The third-order valence-corrected chi connectivity index (χ3v) is 4.81. The van der Waals surface area contributed by atoms with Gasteiger partial charge in [0.05, 0.1) is 18.0 Å². The van der Waals surface area contributed by atoms with E-state index in [4.69, 9.17) is 14.2 Å². The third kappa shape index (κ3) is 3.22. The maximum absolute atomic E-state index is 12.1. The Kier molecular flexibility index (Phi) is 4.47. The van der Waals surface area contributed by atoms with Crippen molar-refractivity contribution in [1.82, 2.24) is 4.90 Å². The van der Waals surface area contributed by atoms with Crippen molar-refractivity contribution in [2.75, 3.05) is 26.3 Å². The van der Waals surface area contributed by atoms with Crippen LogP contribution in [0.5, 0.6) is 0 Å². The van der Waals surface area contributed by atoms with Gasteiger partial charge in [0.25, 0.3) is 0 Å². The molecule has 2 aliphatic heterocycles. The average molecular weight is 356 g/mol. The number of hydrogen-bond donors (Lipinski definition) is 0. The van der Waals surface area contributed by atoms with Gasteiger partial charge in [-0.2, -0.15) is 0 Å². The molecule has 0 saturated carbocycles. The van der Waals surface area contributed by atoms with Crippen LogP contribution in [-0.2, 0) is 20.8 Å². The minimum Gasteiger partial charge on any atom is -0.445 e. The van der Waals surface area contributed by atoms with Crippen LogP contribution in [0, 0.1) is 0 Å². The maximum atomic E-state index is 12.1. The van der Waals surface area contributed by atoms with Crippen LogP contribution in [0.3, 0.4) is 0 Å². The lowest BCUT2D eigenvalue weighted by molar-refractivity contribution is -0.176. The summed E-state index contributed by atoms with van der Waals surface area (Å²) in [5, 5.41) is 0. The minimum atomic E-state index is -0.573. The van der Waals surface area contributed by atoms with Crippen molar-refractivity contribution in [2.45, 2.75) is 23.6 Å². The highest BCUT2D eigenvalue weighted by atomic mass is 79.9. The Morgan fingerprint density at radius 1 is 1.33 bits per heavy atom. The smallest absolute Gasteiger partial charge is 0.410 e. The first-order chi connectivity index (χ1) is 10.2. The Hall–Kier alpha value is -1.11. The van der Waals surface area contributed by atoms with Gasteiger partial charge in [0.1, 0.15) is 6.61 Å². The highest BCUT2D eigenvalue weighted by molar-refractivity contribution is 9.09. The van der Waals surface area contributed by atoms with Gasteiger partial charge in [0, 0.05) is 19.5 Å². The number of carbonyl (C=O) groups is 1. The van der Waals surface area contributed by atoms with Gasteiger partial charge in [-0.25, -0.2) is 4.79 Å². The SMILES string of the molecule is O=C(OCc1ccccc1)N1CCC2(OCCO2)C(Br)C1. The molecule has 3 rings (SSSR count). The summed E-state index contributed by atoms with van der Waals surface area (Å²) < 4.78 is 16.8. The van der Waals surface area contributed by atoms with Crippen LogP contribution in [0.15, 0.2) is 30.3 Å². The van der Waals surface area contributed by atoms with Gasteiger partial charge in [-0.05, 0) is 5.56 Å². The van der Waals surface area contributed by atoms with Gasteiger partial charge in [0.15, 0.2) is 5.79 Å². The summed E-state index contributed by atoms with van der Waals surface area (Å²) in [5.41, 5.74) is 0.984. The van der Waals surface area contributed by atoms with Gasteiger partial charge in [-0.15, -0.1) is 0 Å². The number of amides is 1. The Balaban J connectivity index is 1.52. The fourth-order valence-electron chi connectivity index (χ4n) is 2.64. The molecular weight excluding hydrogens is 338 g/mol. The molecule has 2 aliphatic rings. The van der Waals surface area contributed by atoms with Crippen molar-refractivity contribution < 1.29 is 19.0 Å². The fourth-order valence-corrected chi connectivity index (χ4v) is 3.49. The first-order valence-electron chi connectivity index (χ1n) is 7.07. The van der Waals surface area contributed by atoms with E-state index in [2.05, 4.69) is 15.9 Å². The lowest BCUT2D eigenvalue weighted by Gasteiger charge is -2.40. The van der Waals surface area contributed by atoms with Crippen molar-refractivity contribution in [3.05, 3.63) is 35.9 Å². The molecular formula is C15H18BrNO4. The molecule has 114 valence electrons. The van der Waals surface area contributed by atoms with Crippen LogP contribution >= 0.6 is 15.9 Å². The zero-order valence-corrected chi connectivity index (χ0v) is 13.3. The second-order valence-corrected chi connectivity index (χ2v) is 6.32. The highest BCUT2D eigenvalue weighted by Crippen LogP contribution is 2.36. The predicted octanol–water partition coefficient (Wildman–Crippen LogP) is 2.54. The second-order valence-electron chi connectivity index (χ2n) is 5.21. The van der Waals surface area contributed by atoms with E-state index in [0.717, 1.165) is 5.56 Å². The number of nitrogens with zero attached hydrogens (tertiary/aromatic N) is 1. The summed E-state index contributed by atoms with van der Waals surface area (Å²) in [6.07, 6.45) is 0.361. The van der Waals surface area contributed by atoms with Gasteiger partial charge in [-0.3, -0.25) is 0 Å². The van der Waals surface area contributed by atoms with E-state index in [9.17, 15) is 4.79 Å². The topological polar surface area (TPSA) is 48.0 Å². The Labute approximate surface area is 132 Å². The fraction of sp³-hybridized carbons (Fsp3) is 0.533. The maximum Gasteiger partial charge on any atom is 0.410 e. The molecule has 1 amide bonds. The number of rotatable bonds is 2. The molecule has 1 spiro atoms. The zero-order chi connectivity index (χ0) is 14.7. The van der Waals surface area contributed by atoms with E-state index in [0.29, 0.717) is 39.3 Å². The van der Waals surface area contributed by atoms with Gasteiger partial charge in [-0.1, -0.05) is 46.3 Å². The third-order valence-electron chi connectivity index (χ3n) is 3.83. The normalized spacial score (nSPS) is 24.2. The average Bonchev–Trinajstić information content (AvgIpc) is 2.99. The Morgan fingerprint density at radius 2 is 2.05 bits per heavy atom. The number of ether oxygens (including phenoxy) is 3. The van der Waals surface area contributed by atoms with Gasteiger partial charge >= 0.3 is 6.09 Å². The lowest BCUT2D eigenvalue weighted by atomic mass is 10.0. The molecule has 1 aromatic rings. The molecule has 0 N–H and O–H groups in total. The molecule has 2 fully saturated rings.